The zero-order chi connectivity index (χ0) is 46.2. The van der Waals surface area contributed by atoms with E-state index in [9.17, 15) is 9.59 Å². The zero-order valence-electron chi connectivity index (χ0n) is 37.4. The van der Waals surface area contributed by atoms with Crippen molar-refractivity contribution in [3.8, 4) is 45.5 Å². The highest BCUT2D eigenvalue weighted by Crippen LogP contribution is 2.49. The van der Waals surface area contributed by atoms with Gasteiger partial charge in [-0.15, -0.1) is 0 Å². The van der Waals surface area contributed by atoms with E-state index in [0.717, 1.165) is 55.8 Å². The normalized spacial score (nSPS) is 12.4. The maximum atomic E-state index is 13.6. The number of anilines is 3. The molecule has 1 aliphatic rings. The van der Waals surface area contributed by atoms with Gasteiger partial charge in [-0.2, -0.15) is 0 Å². The van der Waals surface area contributed by atoms with Gasteiger partial charge < -0.3 is 14.0 Å². The molecule has 0 unspecified atom stereocenters. The predicted octanol–water partition coefficient (Wildman–Crippen LogP) is 13.7. The summed E-state index contributed by atoms with van der Waals surface area (Å²) in [4.78, 5) is 45.0. The summed E-state index contributed by atoms with van der Waals surface area (Å²) in [6.45, 7) is 2.27. The van der Waals surface area contributed by atoms with E-state index in [0.29, 0.717) is 39.0 Å². The second kappa shape index (κ2) is 16.0. The summed E-state index contributed by atoms with van der Waals surface area (Å²) in [6.07, 6.45) is 0. The lowest BCUT2D eigenvalue weighted by molar-refractivity contribution is 0.892. The number of rotatable bonds is 6. The molecule has 12 aromatic rings. The van der Waals surface area contributed by atoms with Crippen molar-refractivity contribution in [2.45, 2.75) is 12.8 Å². The van der Waals surface area contributed by atoms with Crippen LogP contribution in [0, 0.1) is 0 Å². The Morgan fingerprint density at radius 1 is 0.333 bits per heavy atom. The van der Waals surface area contributed by atoms with Crippen molar-refractivity contribution < 1.29 is 0 Å². The van der Waals surface area contributed by atoms with Crippen LogP contribution >= 0.6 is 0 Å². The Morgan fingerprint density at radius 3 is 0.971 bits per heavy atom. The lowest BCUT2D eigenvalue weighted by Gasteiger charge is -2.36. The van der Waals surface area contributed by atoms with Crippen LogP contribution in [0.3, 0.4) is 0 Å². The van der Waals surface area contributed by atoms with Crippen LogP contribution in [-0.4, -0.2) is 24.1 Å². The highest BCUT2D eigenvalue weighted by Gasteiger charge is 2.28. The molecule has 0 saturated heterocycles. The number of hydrogen-bond acceptors (Lipinski definition) is 6. The fourth-order valence-electron chi connectivity index (χ4n) is 10.3. The average Bonchev–Trinajstić information content (AvgIpc) is 3.42. The summed E-state index contributed by atoms with van der Waals surface area (Å²) in [5.74, 6) is 1.85. The number of hydrogen-bond donors (Lipinski definition) is 0. The van der Waals surface area contributed by atoms with Gasteiger partial charge in [0.25, 0.3) is 0 Å². The minimum Gasteiger partial charge on any atom is -0.310 e. The summed E-state index contributed by atoms with van der Waals surface area (Å²) in [5.41, 5.74) is 13.6. The number of pyridine rings is 2. The van der Waals surface area contributed by atoms with Gasteiger partial charge in [-0.3, -0.25) is 9.59 Å². The Hall–Kier alpha value is -9.27. The fourth-order valence-corrected chi connectivity index (χ4v) is 10.3. The molecular formula is C61H40N6O2. The zero-order valence-corrected chi connectivity index (χ0v) is 37.4. The van der Waals surface area contributed by atoms with Crippen molar-refractivity contribution >= 4 is 60.7 Å². The fraction of sp³-hybridized carbons (Fsp3) is 0.0328. The third kappa shape index (κ3) is 6.48. The molecule has 0 aliphatic carbocycles. The highest BCUT2D eigenvalue weighted by molar-refractivity contribution is 5.97. The van der Waals surface area contributed by atoms with Gasteiger partial charge in [0, 0.05) is 72.6 Å². The Bertz CT molecular complexity index is 3780. The van der Waals surface area contributed by atoms with Gasteiger partial charge in [0.15, 0.2) is 28.3 Å². The van der Waals surface area contributed by atoms with Crippen LogP contribution in [0.15, 0.2) is 228 Å². The Morgan fingerprint density at radius 2 is 0.623 bits per heavy atom. The van der Waals surface area contributed by atoms with E-state index in [2.05, 4.69) is 118 Å². The van der Waals surface area contributed by atoms with E-state index < -0.39 is 0 Å². The van der Waals surface area contributed by atoms with E-state index >= 15 is 0 Å². The molecule has 1 aliphatic heterocycles. The SMILES string of the molecule is CC1c2ccccc2N(c2ccc(-c3nc(-c4ccc(-n5c6ccccc6c(=O)c6ccccc65)cc4)nc(-c4ccc(-n5c6ccccc6c(=O)c6ccccc65)cc4)n3)cc2)c2ccccc21. The molecule has 0 radical (unpaired) electrons. The second-order valence-electron chi connectivity index (χ2n) is 17.5. The number of nitrogens with zero attached hydrogens (tertiary/aromatic N) is 6. The molecule has 326 valence electrons. The van der Waals surface area contributed by atoms with Crippen LogP contribution in [0.4, 0.5) is 17.1 Å². The molecule has 0 saturated carbocycles. The second-order valence-corrected chi connectivity index (χ2v) is 17.5. The third-order valence-electron chi connectivity index (χ3n) is 13.6. The maximum absolute atomic E-state index is 13.6. The summed E-state index contributed by atoms with van der Waals surface area (Å²) < 4.78 is 4.27. The van der Waals surface area contributed by atoms with Gasteiger partial charge in [0.2, 0.25) is 0 Å². The van der Waals surface area contributed by atoms with Crippen LogP contribution in [0.25, 0.3) is 89.2 Å². The molecule has 4 heterocycles. The van der Waals surface area contributed by atoms with Crippen molar-refractivity contribution in [1.29, 1.82) is 0 Å². The first-order chi connectivity index (χ1) is 34.0. The molecule has 0 bridgehead atoms. The molecule has 0 amide bonds. The van der Waals surface area contributed by atoms with Gasteiger partial charge in [-0.05, 0) is 145 Å². The smallest absolute Gasteiger partial charge is 0.197 e. The van der Waals surface area contributed by atoms with E-state index in [1.54, 1.807) is 0 Å². The van der Waals surface area contributed by atoms with Gasteiger partial charge in [-0.25, -0.2) is 15.0 Å². The van der Waals surface area contributed by atoms with Crippen molar-refractivity contribution in [1.82, 2.24) is 24.1 Å². The monoisotopic (exact) mass is 888 g/mol. The van der Waals surface area contributed by atoms with Crippen LogP contribution in [0.5, 0.6) is 0 Å². The quantitative estimate of drug-likeness (QED) is 0.155. The lowest BCUT2D eigenvalue weighted by atomic mass is 9.86. The van der Waals surface area contributed by atoms with E-state index in [4.69, 9.17) is 15.0 Å². The number of aromatic nitrogens is 5. The van der Waals surface area contributed by atoms with Crippen LogP contribution in [0.2, 0.25) is 0 Å². The standard InChI is InChI=1S/C61H40N6O2/c1-38-45-14-2-8-20-51(45)65(52-21-9-3-15-46(38)52)42-32-26-39(27-33-42)59-62-60(40-28-34-43(35-29-40)66-53-22-10-4-16-47(53)57(68)48-17-5-11-23-54(48)66)64-61(63-59)41-30-36-44(37-31-41)67-55-24-12-6-18-49(55)58(69)50-19-7-13-25-56(50)67/h2-38H,1H3. The maximum Gasteiger partial charge on any atom is 0.197 e. The van der Waals surface area contributed by atoms with E-state index in [1.165, 1.54) is 22.5 Å². The number of para-hydroxylation sites is 6. The summed E-state index contributed by atoms with van der Waals surface area (Å²) in [6, 6.07) is 73.1. The predicted molar refractivity (Wildman–Crippen MR) is 280 cm³/mol. The van der Waals surface area contributed by atoms with Gasteiger partial charge in [-0.1, -0.05) is 91.9 Å². The minimum atomic E-state index is 0.0150. The lowest BCUT2D eigenvalue weighted by Crippen LogP contribution is -2.20. The van der Waals surface area contributed by atoms with Crippen LogP contribution in [-0.2, 0) is 0 Å². The molecule has 69 heavy (non-hydrogen) atoms. The molecule has 9 aromatic carbocycles. The van der Waals surface area contributed by atoms with Crippen molar-refractivity contribution in [3.63, 3.8) is 0 Å². The molecular weight excluding hydrogens is 849 g/mol. The third-order valence-corrected chi connectivity index (χ3v) is 13.6. The van der Waals surface area contributed by atoms with Crippen molar-refractivity contribution in [3.05, 3.63) is 250 Å². The largest absolute Gasteiger partial charge is 0.310 e. The topological polar surface area (TPSA) is 85.9 Å². The first-order valence-corrected chi connectivity index (χ1v) is 23.1. The Labute approximate surface area is 396 Å². The summed E-state index contributed by atoms with van der Waals surface area (Å²) in [7, 11) is 0. The number of benzene rings is 9. The minimum absolute atomic E-state index is 0.0150. The Balaban J connectivity index is 0.939. The summed E-state index contributed by atoms with van der Waals surface area (Å²) >= 11 is 0. The molecule has 0 N–H and O–H groups in total. The number of fused-ring (bicyclic) bond motifs is 6. The first kappa shape index (κ1) is 40.0. The summed E-state index contributed by atoms with van der Waals surface area (Å²) in [5, 5.41) is 2.65. The van der Waals surface area contributed by atoms with Crippen molar-refractivity contribution in [2.75, 3.05) is 4.90 Å². The van der Waals surface area contributed by atoms with Crippen molar-refractivity contribution in [2.24, 2.45) is 0 Å². The van der Waals surface area contributed by atoms with E-state index in [-0.39, 0.29) is 16.8 Å². The van der Waals surface area contributed by atoms with Gasteiger partial charge in [0.1, 0.15) is 0 Å². The Kier molecular flexibility index (Phi) is 9.26. The van der Waals surface area contributed by atoms with Gasteiger partial charge in [0.05, 0.1) is 22.1 Å². The average molecular weight is 889 g/mol. The molecule has 0 fully saturated rings. The molecule has 0 atom stereocenters. The first-order valence-electron chi connectivity index (χ1n) is 23.1. The highest BCUT2D eigenvalue weighted by atomic mass is 16.1. The van der Waals surface area contributed by atoms with Crippen LogP contribution < -0.4 is 15.8 Å². The molecule has 8 heteroatoms. The van der Waals surface area contributed by atoms with Crippen LogP contribution in [0.1, 0.15) is 24.0 Å². The molecule has 13 rings (SSSR count). The molecule has 3 aromatic heterocycles. The van der Waals surface area contributed by atoms with Gasteiger partial charge >= 0.3 is 0 Å². The molecule has 8 nitrogen and oxygen atoms in total. The van der Waals surface area contributed by atoms with E-state index in [1.807, 2.05) is 121 Å². The molecule has 0 spiro atoms.